The van der Waals surface area contributed by atoms with E-state index in [1.807, 2.05) is 0 Å². The average Bonchev–Trinajstić information content (AvgIpc) is 3.25. The van der Waals surface area contributed by atoms with E-state index in [9.17, 15) is 19.8 Å². The molecule has 0 aliphatic carbocycles. The monoisotopic (exact) mass is 846 g/mol. The molecule has 0 aliphatic heterocycles. The van der Waals surface area contributed by atoms with E-state index in [0.29, 0.717) is 25.9 Å². The van der Waals surface area contributed by atoms with Gasteiger partial charge in [-0.15, -0.1) is 0 Å². The number of nitrogens with one attached hydrogen (secondary N) is 1. The van der Waals surface area contributed by atoms with Gasteiger partial charge in [-0.05, 0) is 57.8 Å². The van der Waals surface area contributed by atoms with Gasteiger partial charge in [-0.25, -0.2) is 0 Å². The molecule has 6 heteroatoms. The molecule has 0 saturated carbocycles. The molecule has 1 amide bonds. The Morgan fingerprint density at radius 1 is 0.467 bits per heavy atom. The molecular formula is C54H103NO5. The molecule has 0 aromatic heterocycles. The Kier molecular flexibility index (Phi) is 48.6. The number of unbranched alkanes of at least 4 members (excludes halogenated alkanes) is 34. The second kappa shape index (κ2) is 50.0. The zero-order valence-corrected chi connectivity index (χ0v) is 40.2. The molecule has 0 bridgehead atoms. The minimum atomic E-state index is -0.664. The number of esters is 1. The first kappa shape index (κ1) is 58.3. The van der Waals surface area contributed by atoms with Crippen molar-refractivity contribution < 1.29 is 24.5 Å². The van der Waals surface area contributed by atoms with Crippen LogP contribution < -0.4 is 5.32 Å². The summed E-state index contributed by atoms with van der Waals surface area (Å²) in [5, 5.41) is 23.1. The van der Waals surface area contributed by atoms with Gasteiger partial charge in [0.15, 0.2) is 0 Å². The van der Waals surface area contributed by atoms with E-state index < -0.39 is 12.1 Å². The van der Waals surface area contributed by atoms with Crippen LogP contribution in [0.5, 0.6) is 0 Å². The number of hydrogen-bond acceptors (Lipinski definition) is 5. The summed E-state index contributed by atoms with van der Waals surface area (Å²) in [4.78, 5) is 24.4. The lowest BCUT2D eigenvalue weighted by Gasteiger charge is -2.22. The van der Waals surface area contributed by atoms with Gasteiger partial charge in [-0.2, -0.15) is 0 Å². The van der Waals surface area contributed by atoms with Gasteiger partial charge in [0, 0.05) is 12.8 Å². The van der Waals surface area contributed by atoms with Crippen molar-refractivity contribution in [2.45, 2.75) is 296 Å². The van der Waals surface area contributed by atoms with Crippen LogP contribution in [0, 0.1) is 0 Å². The van der Waals surface area contributed by atoms with Crippen LogP contribution in [-0.2, 0) is 14.3 Å². The summed E-state index contributed by atoms with van der Waals surface area (Å²) in [5.41, 5.74) is 0. The Morgan fingerprint density at radius 3 is 1.28 bits per heavy atom. The molecule has 6 nitrogen and oxygen atoms in total. The van der Waals surface area contributed by atoms with E-state index in [4.69, 9.17) is 4.74 Å². The lowest BCUT2D eigenvalue weighted by atomic mass is 10.0. The van der Waals surface area contributed by atoms with Crippen LogP contribution in [0.4, 0.5) is 0 Å². The second-order valence-electron chi connectivity index (χ2n) is 18.2. The number of amides is 1. The Hall–Kier alpha value is -1.66. The van der Waals surface area contributed by atoms with Crippen molar-refractivity contribution in [1.82, 2.24) is 5.32 Å². The predicted octanol–water partition coefficient (Wildman–Crippen LogP) is 15.9. The van der Waals surface area contributed by atoms with Gasteiger partial charge in [0.05, 0.1) is 25.4 Å². The molecule has 0 heterocycles. The molecule has 0 aromatic carbocycles. The Labute approximate surface area is 373 Å². The second-order valence-corrected chi connectivity index (χ2v) is 18.2. The highest BCUT2D eigenvalue weighted by atomic mass is 16.5. The predicted molar refractivity (Wildman–Crippen MR) is 260 cm³/mol. The van der Waals surface area contributed by atoms with E-state index in [2.05, 4.69) is 43.5 Å². The first-order valence-corrected chi connectivity index (χ1v) is 26.6. The number of carbonyl (C=O) groups is 2. The molecule has 3 N–H and O–H groups in total. The van der Waals surface area contributed by atoms with Crippen molar-refractivity contribution in [2.75, 3.05) is 13.2 Å². The fourth-order valence-corrected chi connectivity index (χ4v) is 8.14. The maximum atomic E-state index is 12.4. The van der Waals surface area contributed by atoms with Crippen LogP contribution in [0.2, 0.25) is 0 Å². The van der Waals surface area contributed by atoms with E-state index in [0.717, 1.165) is 51.4 Å². The van der Waals surface area contributed by atoms with Gasteiger partial charge in [0.2, 0.25) is 5.91 Å². The van der Waals surface area contributed by atoms with Gasteiger partial charge in [-0.3, -0.25) is 9.59 Å². The summed E-state index contributed by atoms with van der Waals surface area (Å²) in [5.74, 6) is -0.0483. The van der Waals surface area contributed by atoms with E-state index in [1.165, 1.54) is 199 Å². The Bertz CT molecular complexity index is 935. The minimum absolute atomic E-state index is 0.00647. The van der Waals surface area contributed by atoms with Gasteiger partial charge in [0.25, 0.3) is 0 Å². The summed E-state index contributed by atoms with van der Waals surface area (Å²) < 4.78 is 5.47. The Morgan fingerprint density at radius 2 is 0.833 bits per heavy atom. The number of carbonyl (C=O) groups excluding carboxylic acids is 2. The van der Waals surface area contributed by atoms with Crippen molar-refractivity contribution in [3.8, 4) is 0 Å². The summed E-state index contributed by atoms with van der Waals surface area (Å²) >= 11 is 0. The molecule has 0 fully saturated rings. The van der Waals surface area contributed by atoms with Gasteiger partial charge in [0.1, 0.15) is 0 Å². The van der Waals surface area contributed by atoms with Crippen molar-refractivity contribution >= 4 is 11.9 Å². The van der Waals surface area contributed by atoms with E-state index >= 15 is 0 Å². The van der Waals surface area contributed by atoms with Crippen molar-refractivity contribution in [2.24, 2.45) is 0 Å². The van der Waals surface area contributed by atoms with Crippen LogP contribution in [0.1, 0.15) is 284 Å². The fourth-order valence-electron chi connectivity index (χ4n) is 8.14. The first-order chi connectivity index (χ1) is 29.5. The van der Waals surface area contributed by atoms with Crippen LogP contribution in [0.25, 0.3) is 0 Å². The van der Waals surface area contributed by atoms with Gasteiger partial charge >= 0.3 is 5.97 Å². The number of aliphatic hydroxyl groups excluding tert-OH is 2. The lowest BCUT2D eigenvalue weighted by molar-refractivity contribution is -0.143. The molecule has 0 aromatic rings. The molecular weight excluding hydrogens is 743 g/mol. The first-order valence-electron chi connectivity index (χ1n) is 26.6. The Balaban J connectivity index is 3.39. The minimum Gasteiger partial charge on any atom is -0.466 e. The smallest absolute Gasteiger partial charge is 0.305 e. The summed E-state index contributed by atoms with van der Waals surface area (Å²) in [6.45, 7) is 4.90. The average molecular weight is 846 g/mol. The van der Waals surface area contributed by atoms with Crippen LogP contribution in [-0.4, -0.2) is 47.4 Å². The standard InChI is InChI=1S/C54H103NO5/c1-3-5-7-9-11-13-14-15-16-22-25-28-32-36-40-44-48-54(59)60-49-45-41-37-33-29-26-23-20-18-17-19-21-24-27-31-35-39-43-47-53(58)55-51(50-56)52(57)46-42-38-34-30-12-10-8-6-4-2/h13-14,16,22,51-52,56-57H,3-12,15,17-21,23-50H2,1-2H3,(H,55,58)/b14-13-,22-16-. The molecule has 0 radical (unpaired) electrons. The molecule has 0 saturated heterocycles. The van der Waals surface area contributed by atoms with Crippen molar-refractivity contribution in [1.29, 1.82) is 0 Å². The molecule has 0 rings (SSSR count). The highest BCUT2D eigenvalue weighted by Crippen LogP contribution is 2.16. The maximum absolute atomic E-state index is 12.4. The van der Waals surface area contributed by atoms with Crippen LogP contribution in [0.3, 0.4) is 0 Å². The van der Waals surface area contributed by atoms with Crippen molar-refractivity contribution in [3.63, 3.8) is 0 Å². The highest BCUT2D eigenvalue weighted by molar-refractivity contribution is 5.76. The molecule has 2 unspecified atom stereocenters. The normalized spacial score (nSPS) is 12.8. The van der Waals surface area contributed by atoms with Gasteiger partial charge in [-0.1, -0.05) is 237 Å². The zero-order chi connectivity index (χ0) is 43.7. The molecule has 60 heavy (non-hydrogen) atoms. The van der Waals surface area contributed by atoms with Crippen LogP contribution in [0.15, 0.2) is 24.3 Å². The van der Waals surface area contributed by atoms with Gasteiger partial charge < -0.3 is 20.3 Å². The molecule has 2 atom stereocenters. The topological polar surface area (TPSA) is 95.9 Å². The number of ether oxygens (including phenoxy) is 1. The SMILES string of the molecule is CCCCCC/C=C\C/C=C\CCCCCCCC(=O)OCCCCCCCCCCCCCCCCCCCCC(=O)NC(CO)C(O)CCCCCCCCCCC. The summed E-state index contributed by atoms with van der Waals surface area (Å²) in [7, 11) is 0. The largest absolute Gasteiger partial charge is 0.466 e. The van der Waals surface area contributed by atoms with Crippen LogP contribution >= 0.6 is 0 Å². The van der Waals surface area contributed by atoms with Crippen molar-refractivity contribution in [3.05, 3.63) is 24.3 Å². The third-order valence-corrected chi connectivity index (χ3v) is 12.3. The number of rotatable bonds is 49. The van der Waals surface area contributed by atoms with E-state index in [-0.39, 0.29) is 18.5 Å². The molecule has 0 spiro atoms. The summed E-state index contributed by atoms with van der Waals surface area (Å²) in [6.07, 6.45) is 58.7. The lowest BCUT2D eigenvalue weighted by Crippen LogP contribution is -2.45. The third-order valence-electron chi connectivity index (χ3n) is 12.3. The fraction of sp³-hybridized carbons (Fsp3) is 0.889. The van der Waals surface area contributed by atoms with E-state index in [1.54, 1.807) is 0 Å². The quantitative estimate of drug-likeness (QED) is 0.0322. The maximum Gasteiger partial charge on any atom is 0.305 e. The number of allylic oxidation sites excluding steroid dienone is 4. The zero-order valence-electron chi connectivity index (χ0n) is 40.2. The molecule has 354 valence electrons. The number of hydrogen-bond donors (Lipinski definition) is 3. The molecule has 0 aliphatic rings. The highest BCUT2D eigenvalue weighted by Gasteiger charge is 2.20. The third kappa shape index (κ3) is 45.9. The summed E-state index contributed by atoms with van der Waals surface area (Å²) in [6, 6.07) is -0.542. The number of aliphatic hydroxyl groups is 2.